The van der Waals surface area contributed by atoms with Crippen molar-refractivity contribution in [3.63, 3.8) is 0 Å². The van der Waals surface area contributed by atoms with Crippen molar-refractivity contribution in [1.82, 2.24) is 15.1 Å². The van der Waals surface area contributed by atoms with Gasteiger partial charge < -0.3 is 19.9 Å². The average molecular weight is 407 g/mol. The van der Waals surface area contributed by atoms with Crippen LogP contribution in [0, 0.1) is 5.92 Å². The molecule has 1 unspecified atom stereocenters. The molecule has 156 valence electrons. The predicted octanol–water partition coefficient (Wildman–Crippen LogP) is 2.34. The lowest BCUT2D eigenvalue weighted by Crippen LogP contribution is -2.49. The van der Waals surface area contributed by atoms with Crippen LogP contribution in [0.15, 0.2) is 29.3 Å². The molecular formula is C21H34N4O2S. The van der Waals surface area contributed by atoms with E-state index in [0.717, 1.165) is 43.5 Å². The molecule has 0 aliphatic carbocycles. The Balaban J connectivity index is 2.00. The van der Waals surface area contributed by atoms with Crippen LogP contribution in [0.25, 0.3) is 0 Å². The van der Waals surface area contributed by atoms with Crippen molar-refractivity contribution in [3.05, 3.63) is 29.8 Å². The van der Waals surface area contributed by atoms with Gasteiger partial charge in [-0.3, -0.25) is 4.79 Å². The molecule has 7 heteroatoms. The molecule has 1 aliphatic heterocycles. The molecule has 0 aromatic heterocycles. The molecule has 6 nitrogen and oxygen atoms in total. The summed E-state index contributed by atoms with van der Waals surface area (Å²) in [6.45, 7) is 7.41. The number of ether oxygens (including phenoxy) is 1. The number of likely N-dealkylation sites (N-methyl/N-ethyl adjacent to an activating group) is 1. The maximum absolute atomic E-state index is 12.0. The largest absolute Gasteiger partial charge is 0.497 e. The van der Waals surface area contributed by atoms with Crippen LogP contribution < -0.4 is 10.1 Å². The number of carbonyl (C=O) groups is 1. The zero-order valence-electron chi connectivity index (χ0n) is 17.8. The van der Waals surface area contributed by atoms with Gasteiger partial charge in [0.05, 0.1) is 7.11 Å². The number of guanidine groups is 1. The van der Waals surface area contributed by atoms with Crippen molar-refractivity contribution in [1.29, 1.82) is 0 Å². The SMILES string of the molecule is COc1ccc(CCNC(=NCC(=O)N(C)C)N2CCSC(C(C)C)C2)cc1. The van der Waals surface area contributed by atoms with Gasteiger partial charge in [-0.1, -0.05) is 26.0 Å². The first-order valence-corrected chi connectivity index (χ1v) is 10.9. The molecule has 0 saturated carbocycles. The number of carbonyl (C=O) groups excluding carboxylic acids is 1. The van der Waals surface area contributed by atoms with E-state index in [1.807, 2.05) is 23.9 Å². The molecule has 1 aromatic rings. The van der Waals surface area contributed by atoms with E-state index >= 15 is 0 Å². The average Bonchev–Trinajstić information content (AvgIpc) is 2.70. The second-order valence-electron chi connectivity index (χ2n) is 7.55. The van der Waals surface area contributed by atoms with E-state index in [9.17, 15) is 4.79 Å². The van der Waals surface area contributed by atoms with E-state index in [1.165, 1.54) is 5.56 Å². The summed E-state index contributed by atoms with van der Waals surface area (Å²) in [6.07, 6.45) is 0.890. The molecule has 2 rings (SSSR count). The van der Waals surface area contributed by atoms with Gasteiger partial charge in [0.15, 0.2) is 5.96 Å². The number of methoxy groups -OCH3 is 1. The van der Waals surface area contributed by atoms with Crippen molar-refractivity contribution >= 4 is 23.6 Å². The standard InChI is InChI=1S/C21H34N4O2S/c1-16(2)19-15-25(12-13-28-19)21(23-14-20(26)24(3)4)22-11-10-17-6-8-18(27-5)9-7-17/h6-9,16,19H,10-15H2,1-5H3,(H,22,23). The van der Waals surface area contributed by atoms with E-state index in [-0.39, 0.29) is 12.5 Å². The summed E-state index contributed by atoms with van der Waals surface area (Å²) in [6, 6.07) is 8.13. The number of nitrogens with one attached hydrogen (secondary N) is 1. The molecule has 1 fully saturated rings. The minimum absolute atomic E-state index is 0.0150. The van der Waals surface area contributed by atoms with E-state index in [0.29, 0.717) is 11.2 Å². The third-order valence-electron chi connectivity index (χ3n) is 4.86. The van der Waals surface area contributed by atoms with Crippen molar-refractivity contribution in [2.45, 2.75) is 25.5 Å². The summed E-state index contributed by atoms with van der Waals surface area (Å²) in [5, 5.41) is 4.07. The van der Waals surface area contributed by atoms with E-state index in [4.69, 9.17) is 4.74 Å². The fourth-order valence-electron chi connectivity index (χ4n) is 2.93. The zero-order valence-corrected chi connectivity index (χ0v) is 18.6. The zero-order chi connectivity index (χ0) is 20.5. The topological polar surface area (TPSA) is 57.2 Å². The monoisotopic (exact) mass is 406 g/mol. The van der Waals surface area contributed by atoms with Crippen molar-refractivity contribution in [2.75, 3.05) is 53.1 Å². The second-order valence-corrected chi connectivity index (χ2v) is 8.90. The van der Waals surface area contributed by atoms with Gasteiger partial charge in [0, 0.05) is 44.7 Å². The normalized spacial score (nSPS) is 17.6. The van der Waals surface area contributed by atoms with Crippen LogP contribution in [-0.2, 0) is 11.2 Å². The van der Waals surface area contributed by atoms with E-state index in [1.54, 1.807) is 26.1 Å². The third kappa shape index (κ3) is 6.93. The van der Waals surface area contributed by atoms with Gasteiger partial charge in [-0.05, 0) is 30.0 Å². The minimum atomic E-state index is 0.0150. The Bertz CT molecular complexity index is 646. The Kier molecular flexibility index (Phi) is 8.96. The van der Waals surface area contributed by atoms with Crippen LogP contribution in [0.3, 0.4) is 0 Å². The first kappa shape index (κ1) is 22.4. The first-order valence-electron chi connectivity index (χ1n) is 9.88. The van der Waals surface area contributed by atoms with Gasteiger partial charge in [0.1, 0.15) is 12.3 Å². The van der Waals surface area contributed by atoms with Crippen LogP contribution in [0.2, 0.25) is 0 Å². The number of hydrogen-bond donors (Lipinski definition) is 1. The lowest BCUT2D eigenvalue weighted by atomic mass is 10.1. The molecule has 1 saturated heterocycles. The molecule has 1 aromatic carbocycles. The number of benzene rings is 1. The van der Waals surface area contributed by atoms with E-state index in [2.05, 4.69) is 41.2 Å². The Morgan fingerprint density at radius 1 is 1.36 bits per heavy atom. The van der Waals surface area contributed by atoms with Crippen LogP contribution in [-0.4, -0.2) is 80.1 Å². The summed E-state index contributed by atoms with van der Waals surface area (Å²) >= 11 is 2.03. The molecular weight excluding hydrogens is 372 g/mol. The number of aliphatic imine (C=N–C) groups is 1. The molecule has 1 amide bonds. The molecule has 0 bridgehead atoms. The minimum Gasteiger partial charge on any atom is -0.497 e. The lowest BCUT2D eigenvalue weighted by molar-refractivity contribution is -0.127. The van der Waals surface area contributed by atoms with E-state index < -0.39 is 0 Å². The van der Waals surface area contributed by atoms with Gasteiger partial charge in [0.25, 0.3) is 0 Å². The maximum atomic E-state index is 12.0. The number of thioether (sulfide) groups is 1. The molecule has 1 aliphatic rings. The summed E-state index contributed by atoms with van der Waals surface area (Å²) in [7, 11) is 5.21. The Morgan fingerprint density at radius 2 is 2.07 bits per heavy atom. The van der Waals surface area contributed by atoms with Gasteiger partial charge in [-0.15, -0.1) is 0 Å². The van der Waals surface area contributed by atoms with Crippen molar-refractivity contribution in [2.24, 2.45) is 10.9 Å². The molecule has 0 spiro atoms. The Morgan fingerprint density at radius 3 is 2.68 bits per heavy atom. The summed E-state index contributed by atoms with van der Waals surface area (Å²) in [5.74, 6) is 3.43. The predicted molar refractivity (Wildman–Crippen MR) is 118 cm³/mol. The van der Waals surface area contributed by atoms with Gasteiger partial charge in [-0.25, -0.2) is 4.99 Å². The highest BCUT2D eigenvalue weighted by Gasteiger charge is 2.25. The lowest BCUT2D eigenvalue weighted by Gasteiger charge is -2.36. The van der Waals surface area contributed by atoms with Gasteiger partial charge in [0.2, 0.25) is 5.91 Å². The Labute approximate surface area is 173 Å². The van der Waals surface area contributed by atoms with Crippen LogP contribution in [0.5, 0.6) is 5.75 Å². The number of nitrogens with zero attached hydrogens (tertiary/aromatic N) is 3. The summed E-state index contributed by atoms with van der Waals surface area (Å²) in [4.78, 5) is 20.5. The Hall–Kier alpha value is -1.89. The van der Waals surface area contributed by atoms with Crippen LogP contribution in [0.4, 0.5) is 0 Å². The highest BCUT2D eigenvalue weighted by atomic mass is 32.2. The first-order chi connectivity index (χ1) is 13.4. The summed E-state index contributed by atoms with van der Waals surface area (Å²) in [5.41, 5.74) is 1.24. The highest BCUT2D eigenvalue weighted by Crippen LogP contribution is 2.24. The number of amides is 1. The quantitative estimate of drug-likeness (QED) is 0.556. The second kappa shape index (κ2) is 11.2. The molecule has 1 atom stereocenters. The van der Waals surface area contributed by atoms with Gasteiger partial charge >= 0.3 is 0 Å². The molecule has 28 heavy (non-hydrogen) atoms. The smallest absolute Gasteiger partial charge is 0.243 e. The van der Waals surface area contributed by atoms with Gasteiger partial charge in [-0.2, -0.15) is 11.8 Å². The number of hydrogen-bond acceptors (Lipinski definition) is 4. The van der Waals surface area contributed by atoms with Crippen LogP contribution in [0.1, 0.15) is 19.4 Å². The fraction of sp³-hybridized carbons (Fsp3) is 0.619. The molecule has 0 radical (unpaired) electrons. The molecule has 1 heterocycles. The van der Waals surface area contributed by atoms with Crippen molar-refractivity contribution < 1.29 is 9.53 Å². The maximum Gasteiger partial charge on any atom is 0.243 e. The number of rotatable bonds is 7. The third-order valence-corrected chi connectivity index (χ3v) is 6.40. The highest BCUT2D eigenvalue weighted by molar-refractivity contribution is 8.00. The summed E-state index contributed by atoms with van der Waals surface area (Å²) < 4.78 is 5.21. The fourth-order valence-corrected chi connectivity index (χ4v) is 4.23. The van der Waals surface area contributed by atoms with Crippen LogP contribution >= 0.6 is 11.8 Å². The molecule has 1 N–H and O–H groups in total. The van der Waals surface area contributed by atoms with Crippen molar-refractivity contribution in [3.8, 4) is 5.75 Å².